The first-order chi connectivity index (χ1) is 42.8. The van der Waals surface area contributed by atoms with Crippen molar-refractivity contribution in [2.24, 2.45) is 0 Å². The van der Waals surface area contributed by atoms with Crippen molar-refractivity contribution in [3.8, 4) is 0 Å². The molecule has 2 saturated heterocycles. The molecule has 0 radical (unpaired) electrons. The van der Waals surface area contributed by atoms with E-state index in [1.54, 1.807) is 9.13 Å². The second-order valence-electron chi connectivity index (χ2n) is 21.6. The Morgan fingerprint density at radius 2 is 1.00 bits per heavy atom. The predicted molar refractivity (Wildman–Crippen MR) is 354 cm³/mol. The summed E-state index contributed by atoms with van der Waals surface area (Å²) in [7, 11) is 0. The number of aromatic nitrogens is 10. The molecule has 0 unspecified atom stereocenters. The van der Waals surface area contributed by atoms with E-state index in [1.165, 1.54) is 68.3 Å². The van der Waals surface area contributed by atoms with Gasteiger partial charge in [-0.15, -0.1) is 0 Å². The lowest BCUT2D eigenvalue weighted by Gasteiger charge is -2.34. The average Bonchev–Trinajstić information content (AvgIpc) is 1.34. The van der Waals surface area contributed by atoms with Crippen molar-refractivity contribution in [2.45, 2.75) is 106 Å². The predicted octanol–water partition coefficient (Wildman–Crippen LogP) is 5.86. The first kappa shape index (κ1) is 66.1. The van der Waals surface area contributed by atoms with E-state index in [-0.39, 0.29) is 38.7 Å². The number of carbonyl (C=O) groups is 2. The summed E-state index contributed by atoms with van der Waals surface area (Å²) in [5.41, 5.74) is 4.38. The van der Waals surface area contributed by atoms with Crippen LogP contribution in [0.4, 0.5) is 34.9 Å². The van der Waals surface area contributed by atoms with Crippen molar-refractivity contribution >= 4 is 91.5 Å². The zero-order valence-electron chi connectivity index (χ0n) is 51.0. The van der Waals surface area contributed by atoms with Crippen molar-refractivity contribution in [1.29, 1.82) is 0 Å². The number of carboxylic acids is 2. The van der Waals surface area contributed by atoms with Crippen molar-refractivity contribution in [3.05, 3.63) is 169 Å². The van der Waals surface area contributed by atoms with E-state index in [0.717, 1.165) is 93.7 Å². The molecular weight excluding hydrogens is 1260 g/mol. The van der Waals surface area contributed by atoms with Crippen LogP contribution in [0.25, 0.3) is 22.1 Å². The zero-order valence-corrected chi connectivity index (χ0v) is 53.2. The third-order valence-corrected chi connectivity index (χ3v) is 16.5. The molecule has 6 aromatic heterocycles. The van der Waals surface area contributed by atoms with Gasteiger partial charge in [-0.25, -0.2) is 29.1 Å². The summed E-state index contributed by atoms with van der Waals surface area (Å²) in [6.07, 6.45) is 10.7. The summed E-state index contributed by atoms with van der Waals surface area (Å²) in [5.74, 6) is -0.632. The van der Waals surface area contributed by atoms with E-state index in [2.05, 4.69) is 106 Å². The van der Waals surface area contributed by atoms with Gasteiger partial charge >= 0.3 is 23.3 Å². The third-order valence-electron chi connectivity index (χ3n) is 15.7. The van der Waals surface area contributed by atoms with Gasteiger partial charge in [0.2, 0.25) is 22.8 Å². The van der Waals surface area contributed by atoms with Crippen molar-refractivity contribution in [3.63, 3.8) is 0 Å². The number of halogens is 1. The molecule has 27 heteroatoms. The summed E-state index contributed by atoms with van der Waals surface area (Å²) in [5, 5.41) is 28.4. The number of pyridine rings is 2. The fourth-order valence-corrected chi connectivity index (χ4v) is 11.1. The van der Waals surface area contributed by atoms with Crippen LogP contribution in [-0.4, -0.2) is 139 Å². The number of aryl methyl sites for hydroxylation is 6. The highest BCUT2D eigenvalue weighted by molar-refractivity contribution is 14.1. The second-order valence-corrected chi connectivity index (χ2v) is 22.7. The highest BCUT2D eigenvalue weighted by atomic mass is 127. The SMILES string of the molecule is CCc1cc(Nc2cc(=O)n(CCCCI)c(=O)[nH]2)ccc1C.CCc1cc(Nc2cc(=O)n(CCCCN3CCN(c4ncc5c(=O)c(C(=O)O)cn(CC)c5n4)CC3)c(=O)[nH]2)ccc1C.CCn1cc(C(=O)O)c(=O)c2cnc(N3CCNCC3)nc21. The highest BCUT2D eigenvalue weighted by Crippen LogP contribution is 2.22. The molecular formula is C62H77IN16O10. The Bertz CT molecular complexity index is 4160. The fraction of sp³-hybridized carbons (Fsp3) is 0.419. The van der Waals surface area contributed by atoms with E-state index in [0.29, 0.717) is 80.5 Å². The van der Waals surface area contributed by atoms with Gasteiger partial charge in [0.1, 0.15) is 34.1 Å². The molecule has 2 aliphatic rings. The topological polar surface area (TPSA) is 326 Å². The average molecular weight is 1330 g/mol. The molecule has 8 aromatic rings. The standard InChI is InChI=1S/C31H38N8O5.C17H22IN3O2.C14H17N5O3/c1-4-21-16-22(9-8-20(21)3)33-25-17-26(40)39(31(44)34-25)11-7-6-10-36-12-14-38(15-13-36)30-32-18-23-27(41)24(29(42)43)19-37(5-2)28(23)35-30;1-3-13-10-14(7-6-12(13)2)19-15-11-16(22)21(17(23)20-15)9-5-4-8-18;1-2-18-8-10(13(21)22)11(20)9-7-16-14(17-12(9)18)19-5-3-15-4-6-19/h8-9,16-19,33H,4-7,10-15H2,1-3H3,(H,34,44)(H,42,43);6-7,10-11,19H,3-5,8-9H2,1-2H3,(H,20,23);7-8,15H,2-6H2,1H3,(H,21,22). The lowest BCUT2D eigenvalue weighted by molar-refractivity contribution is 0.0684. The van der Waals surface area contributed by atoms with Crippen LogP contribution in [0.3, 0.4) is 0 Å². The van der Waals surface area contributed by atoms with Gasteiger partial charge in [-0.2, -0.15) is 9.97 Å². The number of alkyl halides is 1. The van der Waals surface area contributed by atoms with E-state index in [4.69, 9.17) is 5.11 Å². The van der Waals surface area contributed by atoms with Gasteiger partial charge in [-0.3, -0.25) is 43.2 Å². The number of benzene rings is 2. The van der Waals surface area contributed by atoms with Crippen molar-refractivity contribution in [2.75, 3.05) is 83.8 Å². The lowest BCUT2D eigenvalue weighted by Crippen LogP contribution is -2.47. The Morgan fingerprint density at radius 1 is 0.573 bits per heavy atom. The fourth-order valence-electron chi connectivity index (χ4n) is 10.6. The Hall–Kier alpha value is -8.83. The van der Waals surface area contributed by atoms with Crippen LogP contribution in [0.15, 0.2) is 102 Å². The lowest BCUT2D eigenvalue weighted by atomic mass is 10.1. The quantitative estimate of drug-likeness (QED) is 0.0251. The Kier molecular flexibility index (Phi) is 22.9. The van der Waals surface area contributed by atoms with Crippen LogP contribution in [-0.2, 0) is 39.0 Å². The minimum Gasteiger partial charge on any atom is -0.477 e. The monoisotopic (exact) mass is 1330 g/mol. The van der Waals surface area contributed by atoms with E-state index in [9.17, 15) is 43.5 Å². The maximum atomic E-state index is 12.7. The van der Waals surface area contributed by atoms with Crippen LogP contribution >= 0.6 is 22.6 Å². The van der Waals surface area contributed by atoms with Gasteiger partial charge in [-0.05, 0) is 124 Å². The van der Waals surface area contributed by atoms with E-state index >= 15 is 0 Å². The van der Waals surface area contributed by atoms with Gasteiger partial charge in [0.25, 0.3) is 11.1 Å². The number of rotatable bonds is 21. The third kappa shape index (κ3) is 16.5. The number of unbranched alkanes of at least 4 members (excludes halogenated alkanes) is 2. The van der Waals surface area contributed by atoms with Gasteiger partial charge < -0.3 is 45.1 Å². The maximum absolute atomic E-state index is 12.7. The molecule has 2 aromatic carbocycles. The normalized spacial score (nSPS) is 13.4. The summed E-state index contributed by atoms with van der Waals surface area (Å²) in [6.45, 7) is 21.0. The number of piperazine rings is 2. The minimum absolute atomic E-state index is 0.190. The number of carboxylic acid groups (broad SMARTS) is 2. The smallest absolute Gasteiger partial charge is 0.341 e. The number of nitrogens with one attached hydrogen (secondary N) is 5. The number of aromatic carboxylic acids is 2. The maximum Gasteiger partial charge on any atom is 0.341 e. The number of nitrogens with zero attached hydrogens (tertiary/aromatic N) is 11. The Morgan fingerprint density at radius 3 is 1.40 bits per heavy atom. The molecule has 8 heterocycles. The van der Waals surface area contributed by atoms with Crippen LogP contribution in [0.1, 0.15) is 96.3 Å². The van der Waals surface area contributed by atoms with Crippen molar-refractivity contribution in [1.82, 2.24) is 58.4 Å². The molecule has 0 aliphatic carbocycles. The Balaban J connectivity index is 0.000000191. The molecule has 26 nitrogen and oxygen atoms in total. The highest BCUT2D eigenvalue weighted by Gasteiger charge is 2.23. The van der Waals surface area contributed by atoms with Crippen LogP contribution < -0.4 is 59.1 Å². The molecule has 2 aliphatic heterocycles. The molecule has 472 valence electrons. The molecule has 7 N–H and O–H groups in total. The Labute approximate surface area is 525 Å². The van der Waals surface area contributed by atoms with Crippen molar-refractivity contribution < 1.29 is 19.8 Å². The molecule has 0 amide bonds. The molecule has 0 bridgehead atoms. The van der Waals surface area contributed by atoms with E-state index in [1.807, 2.05) is 55.1 Å². The van der Waals surface area contributed by atoms with Gasteiger partial charge in [0.15, 0.2) is 0 Å². The summed E-state index contributed by atoms with van der Waals surface area (Å²) >= 11 is 2.29. The zero-order chi connectivity index (χ0) is 63.9. The second kappa shape index (κ2) is 30.9. The molecule has 0 saturated carbocycles. The molecule has 89 heavy (non-hydrogen) atoms. The molecule has 10 rings (SSSR count). The van der Waals surface area contributed by atoms with Gasteiger partial charge in [-0.1, -0.05) is 48.6 Å². The number of hydrogen-bond donors (Lipinski definition) is 7. The van der Waals surface area contributed by atoms with Gasteiger partial charge in [0.05, 0.1) is 10.8 Å². The van der Waals surface area contributed by atoms with Gasteiger partial charge in [0, 0.05) is 127 Å². The van der Waals surface area contributed by atoms with Crippen LogP contribution in [0.2, 0.25) is 0 Å². The number of fused-ring (bicyclic) bond motifs is 2. The summed E-state index contributed by atoms with van der Waals surface area (Å²) in [6, 6.07) is 14.8. The largest absolute Gasteiger partial charge is 0.477 e. The minimum atomic E-state index is -1.27. The number of H-pyrrole nitrogens is 2. The molecule has 2 fully saturated rings. The van der Waals surface area contributed by atoms with Crippen LogP contribution in [0, 0.1) is 13.8 Å². The number of anilines is 6. The first-order valence-corrected chi connectivity index (χ1v) is 31.5. The van der Waals surface area contributed by atoms with Crippen LogP contribution in [0.5, 0.6) is 0 Å². The number of aromatic amines is 2. The first-order valence-electron chi connectivity index (χ1n) is 30.0. The summed E-state index contributed by atoms with van der Waals surface area (Å²) < 4.78 is 6.85. The van der Waals surface area contributed by atoms with E-state index < -0.39 is 28.5 Å². The molecule has 0 atom stereocenters. The number of hydrogen-bond acceptors (Lipinski definition) is 18. The molecule has 0 spiro atoms. The summed E-state index contributed by atoms with van der Waals surface area (Å²) in [4.78, 5) is 127.